The number of aryl methyl sites for hydroxylation is 1. The van der Waals surface area contributed by atoms with Crippen molar-refractivity contribution in [2.45, 2.75) is 18.7 Å². The molecular formula is C26H23ClN2O3S. The Hall–Kier alpha value is -3.35. The van der Waals surface area contributed by atoms with Gasteiger partial charge in [-0.05, 0) is 55.1 Å². The van der Waals surface area contributed by atoms with Crippen LogP contribution >= 0.6 is 11.6 Å². The second kappa shape index (κ2) is 9.25. The molecule has 0 aliphatic heterocycles. The van der Waals surface area contributed by atoms with Crippen molar-refractivity contribution in [3.05, 3.63) is 101 Å². The molecule has 33 heavy (non-hydrogen) atoms. The van der Waals surface area contributed by atoms with E-state index in [2.05, 4.69) is 5.32 Å². The monoisotopic (exact) mass is 478 g/mol. The highest BCUT2D eigenvalue weighted by atomic mass is 35.5. The van der Waals surface area contributed by atoms with Crippen molar-refractivity contribution >= 4 is 49.7 Å². The highest BCUT2D eigenvalue weighted by Crippen LogP contribution is 2.31. The smallest absolute Gasteiger partial charge is 0.264 e. The van der Waals surface area contributed by atoms with E-state index < -0.39 is 22.5 Å². The van der Waals surface area contributed by atoms with Crippen molar-refractivity contribution in [2.24, 2.45) is 0 Å². The second-order valence-electron chi connectivity index (χ2n) is 7.78. The van der Waals surface area contributed by atoms with E-state index in [1.165, 1.54) is 0 Å². The molecule has 1 N–H and O–H groups in total. The molecule has 4 aromatic carbocycles. The van der Waals surface area contributed by atoms with Crippen LogP contribution in [0.4, 0.5) is 11.4 Å². The summed E-state index contributed by atoms with van der Waals surface area (Å²) < 4.78 is 28.3. The van der Waals surface area contributed by atoms with Gasteiger partial charge >= 0.3 is 0 Å². The van der Waals surface area contributed by atoms with Gasteiger partial charge in [0.25, 0.3) is 10.0 Å². The standard InChI is InChI=1S/C26H23ClN2O3S/c1-18-13-15-21(16-14-18)33(31,32)29(25-12-6-10-23(27)19(25)2)17-26(30)28-24-11-5-8-20-7-3-4-9-22(20)24/h3-16H,17H2,1-2H3,(H,28,30). The number of carbonyl (C=O) groups excluding carboxylic acids is 1. The summed E-state index contributed by atoms with van der Waals surface area (Å²) in [7, 11) is -4.03. The topological polar surface area (TPSA) is 66.5 Å². The molecule has 0 aliphatic carbocycles. The fraction of sp³-hybridized carbons (Fsp3) is 0.115. The summed E-state index contributed by atoms with van der Waals surface area (Å²) in [6.07, 6.45) is 0. The van der Waals surface area contributed by atoms with E-state index >= 15 is 0 Å². The predicted molar refractivity (Wildman–Crippen MR) is 134 cm³/mol. The number of carbonyl (C=O) groups is 1. The minimum atomic E-state index is -4.03. The highest BCUT2D eigenvalue weighted by Gasteiger charge is 2.29. The zero-order chi connectivity index (χ0) is 23.6. The molecule has 0 fully saturated rings. The molecule has 0 saturated carbocycles. The van der Waals surface area contributed by atoms with Gasteiger partial charge in [-0.3, -0.25) is 9.10 Å². The maximum absolute atomic E-state index is 13.6. The number of hydrogen-bond acceptors (Lipinski definition) is 3. The maximum Gasteiger partial charge on any atom is 0.264 e. The van der Waals surface area contributed by atoms with E-state index in [4.69, 9.17) is 11.6 Å². The summed E-state index contributed by atoms with van der Waals surface area (Å²) in [4.78, 5) is 13.2. The van der Waals surface area contributed by atoms with E-state index in [9.17, 15) is 13.2 Å². The first-order valence-corrected chi connectivity index (χ1v) is 12.2. The predicted octanol–water partition coefficient (Wildman–Crippen LogP) is 5.94. The zero-order valence-electron chi connectivity index (χ0n) is 18.2. The van der Waals surface area contributed by atoms with Crippen LogP contribution in [-0.4, -0.2) is 20.9 Å². The average molecular weight is 479 g/mol. The number of nitrogens with one attached hydrogen (secondary N) is 1. The summed E-state index contributed by atoms with van der Waals surface area (Å²) in [5.74, 6) is -0.457. The molecule has 4 aromatic rings. The summed E-state index contributed by atoms with van der Waals surface area (Å²) in [5, 5.41) is 5.15. The maximum atomic E-state index is 13.6. The quantitative estimate of drug-likeness (QED) is 0.372. The van der Waals surface area contributed by atoms with Gasteiger partial charge in [-0.25, -0.2) is 8.42 Å². The number of amides is 1. The van der Waals surface area contributed by atoms with E-state index in [1.54, 1.807) is 55.5 Å². The summed E-state index contributed by atoms with van der Waals surface area (Å²) in [6, 6.07) is 24.8. The normalized spacial score (nSPS) is 11.4. The Morgan fingerprint density at radius 1 is 0.879 bits per heavy atom. The first-order valence-electron chi connectivity index (χ1n) is 10.4. The SMILES string of the molecule is Cc1ccc(S(=O)(=O)N(CC(=O)Nc2cccc3ccccc23)c2cccc(Cl)c2C)cc1. The molecule has 0 aromatic heterocycles. The average Bonchev–Trinajstić information content (AvgIpc) is 2.80. The van der Waals surface area contributed by atoms with Crippen molar-refractivity contribution in [3.8, 4) is 0 Å². The molecule has 4 rings (SSSR count). The Bertz CT molecular complexity index is 1430. The van der Waals surface area contributed by atoms with Crippen molar-refractivity contribution in [1.29, 1.82) is 0 Å². The summed E-state index contributed by atoms with van der Waals surface area (Å²) >= 11 is 6.28. The molecule has 0 saturated heterocycles. The van der Waals surface area contributed by atoms with Crippen LogP contribution in [-0.2, 0) is 14.8 Å². The zero-order valence-corrected chi connectivity index (χ0v) is 19.8. The number of nitrogens with zero attached hydrogens (tertiary/aromatic N) is 1. The van der Waals surface area contributed by atoms with Crippen LogP contribution in [0.5, 0.6) is 0 Å². The number of fused-ring (bicyclic) bond motifs is 1. The summed E-state index contributed by atoms with van der Waals surface area (Å²) in [6.45, 7) is 3.21. The third kappa shape index (κ3) is 4.72. The van der Waals surface area contributed by atoms with Gasteiger partial charge in [-0.2, -0.15) is 0 Å². The number of sulfonamides is 1. The molecular weight excluding hydrogens is 456 g/mol. The number of benzene rings is 4. The molecule has 7 heteroatoms. The van der Waals surface area contributed by atoms with Crippen molar-refractivity contribution < 1.29 is 13.2 Å². The molecule has 0 aliphatic rings. The number of halogens is 1. The highest BCUT2D eigenvalue weighted by molar-refractivity contribution is 7.92. The van der Waals surface area contributed by atoms with Crippen LogP contribution in [0.3, 0.4) is 0 Å². The molecule has 0 spiro atoms. The van der Waals surface area contributed by atoms with Gasteiger partial charge in [0, 0.05) is 16.1 Å². The third-order valence-corrected chi connectivity index (χ3v) is 7.65. The van der Waals surface area contributed by atoms with Crippen LogP contribution in [0.2, 0.25) is 5.02 Å². The van der Waals surface area contributed by atoms with Crippen molar-refractivity contribution in [2.75, 3.05) is 16.2 Å². The molecule has 0 heterocycles. The van der Waals surface area contributed by atoms with Gasteiger partial charge in [0.15, 0.2) is 0 Å². The first-order chi connectivity index (χ1) is 15.8. The molecule has 0 unspecified atom stereocenters. The second-order valence-corrected chi connectivity index (χ2v) is 10.1. The van der Waals surface area contributed by atoms with E-state index in [1.807, 2.05) is 43.3 Å². The molecule has 1 amide bonds. The third-order valence-electron chi connectivity index (χ3n) is 5.47. The van der Waals surface area contributed by atoms with E-state index in [0.717, 1.165) is 20.6 Å². The van der Waals surface area contributed by atoms with Crippen molar-refractivity contribution in [1.82, 2.24) is 0 Å². The fourth-order valence-corrected chi connectivity index (χ4v) is 5.31. The van der Waals surface area contributed by atoms with Gasteiger partial charge in [0.1, 0.15) is 6.54 Å². The van der Waals surface area contributed by atoms with Gasteiger partial charge in [0.2, 0.25) is 5.91 Å². The lowest BCUT2D eigenvalue weighted by molar-refractivity contribution is -0.114. The van der Waals surface area contributed by atoms with Gasteiger partial charge in [-0.1, -0.05) is 71.8 Å². The van der Waals surface area contributed by atoms with Crippen LogP contribution in [0.15, 0.2) is 89.8 Å². The van der Waals surface area contributed by atoms with Gasteiger partial charge in [0.05, 0.1) is 10.6 Å². The Labute approximate surface area is 198 Å². The lowest BCUT2D eigenvalue weighted by Crippen LogP contribution is -2.38. The Morgan fingerprint density at radius 3 is 2.30 bits per heavy atom. The lowest BCUT2D eigenvalue weighted by atomic mass is 10.1. The number of anilines is 2. The minimum Gasteiger partial charge on any atom is -0.324 e. The van der Waals surface area contributed by atoms with Gasteiger partial charge in [-0.15, -0.1) is 0 Å². The number of rotatable bonds is 6. The Balaban J connectivity index is 1.73. The van der Waals surface area contributed by atoms with Crippen LogP contribution in [0.25, 0.3) is 10.8 Å². The van der Waals surface area contributed by atoms with Crippen LogP contribution in [0, 0.1) is 13.8 Å². The minimum absolute atomic E-state index is 0.102. The van der Waals surface area contributed by atoms with E-state index in [0.29, 0.717) is 22.0 Å². The molecule has 0 bridgehead atoms. The lowest BCUT2D eigenvalue weighted by Gasteiger charge is -2.26. The Morgan fingerprint density at radius 2 is 1.55 bits per heavy atom. The fourth-order valence-electron chi connectivity index (χ4n) is 3.66. The first kappa shape index (κ1) is 22.8. The largest absolute Gasteiger partial charge is 0.324 e. The number of hydrogen-bond donors (Lipinski definition) is 1. The summed E-state index contributed by atoms with van der Waals surface area (Å²) in [5.41, 5.74) is 2.49. The van der Waals surface area contributed by atoms with Crippen molar-refractivity contribution in [3.63, 3.8) is 0 Å². The Kier molecular flexibility index (Phi) is 6.40. The molecule has 168 valence electrons. The van der Waals surface area contributed by atoms with E-state index in [-0.39, 0.29) is 4.90 Å². The molecule has 5 nitrogen and oxygen atoms in total. The molecule has 0 radical (unpaired) electrons. The van der Waals surface area contributed by atoms with Crippen LogP contribution < -0.4 is 9.62 Å². The van der Waals surface area contributed by atoms with Crippen LogP contribution in [0.1, 0.15) is 11.1 Å². The van der Waals surface area contributed by atoms with Gasteiger partial charge < -0.3 is 5.32 Å². The molecule has 0 atom stereocenters.